The number of aromatic nitrogens is 3. The van der Waals surface area contributed by atoms with Crippen LogP contribution < -0.4 is 5.73 Å². The van der Waals surface area contributed by atoms with E-state index in [-0.39, 0.29) is 0 Å². The van der Waals surface area contributed by atoms with E-state index in [2.05, 4.69) is 10.1 Å². The molecule has 1 aromatic rings. The summed E-state index contributed by atoms with van der Waals surface area (Å²) in [5.41, 5.74) is 5.30. The lowest BCUT2D eigenvalue weighted by atomic mass is 10.5. The predicted octanol–water partition coefficient (Wildman–Crippen LogP) is 0.410. The van der Waals surface area contributed by atoms with Crippen LogP contribution in [0.4, 0.5) is 0 Å². The van der Waals surface area contributed by atoms with E-state index in [9.17, 15) is 0 Å². The van der Waals surface area contributed by atoms with Crippen molar-refractivity contribution < 1.29 is 0 Å². The maximum atomic E-state index is 5.30. The third-order valence-electron chi connectivity index (χ3n) is 1.54. The minimum Gasteiger partial charge on any atom is -0.327 e. The highest BCUT2D eigenvalue weighted by atomic mass is 15.3. The molecule has 4 heteroatoms. The number of rotatable bonds is 3. The molecule has 4 nitrogen and oxygen atoms in total. The van der Waals surface area contributed by atoms with Gasteiger partial charge in [0.25, 0.3) is 0 Å². The summed E-state index contributed by atoms with van der Waals surface area (Å²) in [6.07, 6.45) is 3.90. The topological polar surface area (TPSA) is 56.7 Å². The van der Waals surface area contributed by atoms with E-state index in [0.29, 0.717) is 6.54 Å². The molecule has 2 N–H and O–H groups in total. The Morgan fingerprint density at radius 2 is 2.17 bits per heavy atom. The monoisotopic (exact) mass is 166 g/mol. The Morgan fingerprint density at radius 1 is 1.42 bits per heavy atom. The molecule has 0 saturated carbocycles. The summed E-state index contributed by atoms with van der Waals surface area (Å²) in [7, 11) is 0. The normalized spacial score (nSPS) is 11.2. The molecule has 0 spiro atoms. The Balaban J connectivity index is 2.62. The number of nitrogens with zero attached hydrogens (tertiary/aromatic N) is 3. The van der Waals surface area contributed by atoms with Gasteiger partial charge in [-0.15, -0.1) is 0 Å². The van der Waals surface area contributed by atoms with Gasteiger partial charge < -0.3 is 5.73 Å². The molecule has 0 saturated heterocycles. The number of hydrogen-bond acceptors (Lipinski definition) is 3. The Morgan fingerprint density at radius 3 is 2.67 bits per heavy atom. The second-order valence-electron chi connectivity index (χ2n) is 2.60. The average molecular weight is 166 g/mol. The standard InChI is InChI=1S/C8H14N4/c1-7-10-8(2)12(11-7)6-4-3-5-9/h3-4H,5-6,9H2,1-2H3. The van der Waals surface area contributed by atoms with Crippen LogP contribution in [-0.4, -0.2) is 21.3 Å². The third-order valence-corrected chi connectivity index (χ3v) is 1.54. The maximum Gasteiger partial charge on any atom is 0.147 e. The van der Waals surface area contributed by atoms with Crippen molar-refractivity contribution >= 4 is 0 Å². The molecule has 0 amide bonds. The van der Waals surface area contributed by atoms with Crippen molar-refractivity contribution in [3.05, 3.63) is 23.8 Å². The lowest BCUT2D eigenvalue weighted by molar-refractivity contribution is 0.668. The largest absolute Gasteiger partial charge is 0.327 e. The molecular formula is C8H14N4. The van der Waals surface area contributed by atoms with Gasteiger partial charge >= 0.3 is 0 Å². The van der Waals surface area contributed by atoms with Crippen LogP contribution in [0.5, 0.6) is 0 Å². The van der Waals surface area contributed by atoms with Gasteiger partial charge in [0.2, 0.25) is 0 Å². The van der Waals surface area contributed by atoms with E-state index in [1.54, 1.807) is 0 Å². The molecule has 0 aliphatic rings. The molecule has 1 aromatic heterocycles. The van der Waals surface area contributed by atoms with Gasteiger partial charge in [-0.3, -0.25) is 0 Å². The van der Waals surface area contributed by atoms with E-state index in [4.69, 9.17) is 5.73 Å². The van der Waals surface area contributed by atoms with Crippen LogP contribution in [0.25, 0.3) is 0 Å². The molecule has 12 heavy (non-hydrogen) atoms. The van der Waals surface area contributed by atoms with E-state index < -0.39 is 0 Å². The number of hydrogen-bond donors (Lipinski definition) is 1. The van der Waals surface area contributed by atoms with Gasteiger partial charge in [-0.1, -0.05) is 12.2 Å². The van der Waals surface area contributed by atoms with Gasteiger partial charge in [0.05, 0.1) is 6.54 Å². The van der Waals surface area contributed by atoms with Crippen LogP contribution in [0.3, 0.4) is 0 Å². The fourth-order valence-electron chi connectivity index (χ4n) is 1.00. The smallest absolute Gasteiger partial charge is 0.147 e. The van der Waals surface area contributed by atoms with Crippen LogP contribution in [0.15, 0.2) is 12.2 Å². The lowest BCUT2D eigenvalue weighted by Crippen LogP contribution is -2.01. The molecule has 0 atom stereocenters. The first-order valence-corrected chi connectivity index (χ1v) is 3.97. The Bertz CT molecular complexity index is 275. The van der Waals surface area contributed by atoms with Gasteiger partial charge in [-0.2, -0.15) is 5.10 Å². The van der Waals surface area contributed by atoms with Crippen LogP contribution >= 0.6 is 0 Å². The van der Waals surface area contributed by atoms with Crippen molar-refractivity contribution in [2.75, 3.05) is 6.54 Å². The molecule has 1 rings (SSSR count). The first-order valence-electron chi connectivity index (χ1n) is 3.97. The Kier molecular flexibility index (Phi) is 2.99. The van der Waals surface area contributed by atoms with Crippen molar-refractivity contribution in [2.45, 2.75) is 20.4 Å². The second kappa shape index (κ2) is 4.01. The number of nitrogens with two attached hydrogens (primary N) is 1. The minimum absolute atomic E-state index is 0.576. The van der Waals surface area contributed by atoms with Gasteiger partial charge in [0, 0.05) is 6.54 Å². The molecule has 0 aliphatic carbocycles. The highest BCUT2D eigenvalue weighted by Gasteiger charge is 1.98. The highest BCUT2D eigenvalue weighted by molar-refractivity contribution is 4.91. The second-order valence-corrected chi connectivity index (χ2v) is 2.60. The van der Waals surface area contributed by atoms with Gasteiger partial charge in [0.1, 0.15) is 11.6 Å². The molecule has 0 aromatic carbocycles. The fourth-order valence-corrected chi connectivity index (χ4v) is 1.00. The number of allylic oxidation sites excluding steroid dienone is 1. The zero-order valence-electron chi connectivity index (χ0n) is 7.49. The van der Waals surface area contributed by atoms with Crippen LogP contribution in [0.1, 0.15) is 11.6 Å². The van der Waals surface area contributed by atoms with Crippen molar-refractivity contribution in [3.63, 3.8) is 0 Å². The van der Waals surface area contributed by atoms with Crippen LogP contribution in [0.2, 0.25) is 0 Å². The van der Waals surface area contributed by atoms with Crippen LogP contribution in [-0.2, 0) is 6.54 Å². The summed E-state index contributed by atoms with van der Waals surface area (Å²) in [4.78, 5) is 4.18. The summed E-state index contributed by atoms with van der Waals surface area (Å²) < 4.78 is 1.85. The Labute approximate surface area is 72.1 Å². The zero-order chi connectivity index (χ0) is 8.97. The maximum absolute atomic E-state index is 5.30. The van der Waals surface area contributed by atoms with Crippen molar-refractivity contribution in [1.82, 2.24) is 14.8 Å². The fraction of sp³-hybridized carbons (Fsp3) is 0.500. The molecule has 0 aliphatic heterocycles. The summed E-state index contributed by atoms with van der Waals surface area (Å²) in [5.74, 6) is 1.75. The van der Waals surface area contributed by atoms with E-state index in [1.807, 2.05) is 30.7 Å². The van der Waals surface area contributed by atoms with E-state index >= 15 is 0 Å². The van der Waals surface area contributed by atoms with Gasteiger partial charge in [-0.25, -0.2) is 9.67 Å². The van der Waals surface area contributed by atoms with Crippen molar-refractivity contribution in [1.29, 1.82) is 0 Å². The lowest BCUT2D eigenvalue weighted by Gasteiger charge is -1.95. The molecule has 0 radical (unpaired) electrons. The van der Waals surface area contributed by atoms with E-state index in [0.717, 1.165) is 18.2 Å². The highest BCUT2D eigenvalue weighted by Crippen LogP contribution is 1.95. The molecule has 0 fully saturated rings. The summed E-state index contributed by atoms with van der Waals surface area (Å²) in [5, 5.41) is 4.20. The van der Waals surface area contributed by atoms with Crippen LogP contribution in [0, 0.1) is 13.8 Å². The first-order chi connectivity index (χ1) is 5.74. The molecule has 1 heterocycles. The summed E-state index contributed by atoms with van der Waals surface area (Å²) >= 11 is 0. The predicted molar refractivity (Wildman–Crippen MR) is 47.7 cm³/mol. The van der Waals surface area contributed by atoms with Gasteiger partial charge in [-0.05, 0) is 13.8 Å². The number of aryl methyl sites for hydroxylation is 2. The Hall–Kier alpha value is -1.16. The SMILES string of the molecule is Cc1nc(C)n(CC=CCN)n1. The van der Waals surface area contributed by atoms with E-state index in [1.165, 1.54) is 0 Å². The summed E-state index contributed by atoms with van der Waals surface area (Å²) in [6, 6.07) is 0. The molecule has 0 unspecified atom stereocenters. The van der Waals surface area contributed by atoms with Crippen molar-refractivity contribution in [2.24, 2.45) is 5.73 Å². The molecule has 66 valence electrons. The minimum atomic E-state index is 0.576. The summed E-state index contributed by atoms with van der Waals surface area (Å²) in [6.45, 7) is 5.16. The average Bonchev–Trinajstić information content (AvgIpc) is 2.31. The van der Waals surface area contributed by atoms with Crippen molar-refractivity contribution in [3.8, 4) is 0 Å². The molecule has 0 bridgehead atoms. The molecular weight excluding hydrogens is 152 g/mol. The third kappa shape index (κ3) is 2.17. The quantitative estimate of drug-likeness (QED) is 0.662. The van der Waals surface area contributed by atoms with Gasteiger partial charge in [0.15, 0.2) is 0 Å². The first kappa shape index (κ1) is 8.93. The zero-order valence-corrected chi connectivity index (χ0v) is 7.49.